The van der Waals surface area contributed by atoms with Gasteiger partial charge >= 0.3 is 0 Å². The van der Waals surface area contributed by atoms with E-state index in [-0.39, 0.29) is 18.4 Å². The Bertz CT molecular complexity index is 329. The van der Waals surface area contributed by atoms with Gasteiger partial charge in [-0.15, -0.1) is 12.4 Å². The Labute approximate surface area is 113 Å². The first kappa shape index (κ1) is 16.0. The third-order valence-electron chi connectivity index (χ3n) is 2.07. The number of benzene rings is 1. The van der Waals surface area contributed by atoms with Crippen LogP contribution in [0.15, 0.2) is 18.2 Å². The molecule has 0 fully saturated rings. The van der Waals surface area contributed by atoms with Crippen molar-refractivity contribution in [2.24, 2.45) is 5.73 Å². The topological polar surface area (TPSA) is 29.3 Å². The average Bonchev–Trinajstić information content (AvgIpc) is 2.11. The van der Waals surface area contributed by atoms with Crippen molar-refractivity contribution in [2.45, 2.75) is 19.5 Å². The summed E-state index contributed by atoms with van der Waals surface area (Å²) in [4.78, 5) is 2.13. The first-order valence-electron chi connectivity index (χ1n) is 4.87. The smallest absolute Gasteiger partial charge is 0.0637 e. The van der Waals surface area contributed by atoms with Gasteiger partial charge < -0.3 is 10.6 Å². The summed E-state index contributed by atoms with van der Waals surface area (Å²) in [6, 6.07) is 5.83. The van der Waals surface area contributed by atoms with Crippen molar-refractivity contribution in [3.63, 3.8) is 0 Å². The van der Waals surface area contributed by atoms with E-state index in [1.54, 1.807) is 6.07 Å². The summed E-state index contributed by atoms with van der Waals surface area (Å²) in [6.07, 6.45) is 0. The third-order valence-corrected chi connectivity index (χ3v) is 2.93. The monoisotopic (exact) mass is 282 g/mol. The number of rotatable bonds is 4. The van der Waals surface area contributed by atoms with Crippen molar-refractivity contribution < 1.29 is 0 Å². The van der Waals surface area contributed by atoms with Crippen LogP contribution < -0.4 is 5.73 Å². The molecule has 0 bridgehead atoms. The summed E-state index contributed by atoms with van der Waals surface area (Å²) >= 11 is 12.0. The minimum Gasteiger partial charge on any atom is -0.327 e. The summed E-state index contributed by atoms with van der Waals surface area (Å²) in [5.74, 6) is 0. The van der Waals surface area contributed by atoms with Gasteiger partial charge in [0.15, 0.2) is 0 Å². The van der Waals surface area contributed by atoms with Crippen molar-refractivity contribution in [3.05, 3.63) is 33.8 Å². The standard InChI is InChI=1S/C11H16Cl2N2.ClH/c1-8(14)6-15(2)7-9-4-3-5-10(12)11(9)13;/h3-5,8H,6-7,14H2,1-2H3;1H. The van der Waals surface area contributed by atoms with Crippen LogP contribution >= 0.6 is 35.6 Å². The molecule has 1 atom stereocenters. The van der Waals surface area contributed by atoms with Crippen molar-refractivity contribution in [1.29, 1.82) is 0 Å². The molecule has 0 saturated heterocycles. The maximum Gasteiger partial charge on any atom is 0.0637 e. The molecule has 1 aromatic carbocycles. The molecule has 0 aliphatic heterocycles. The van der Waals surface area contributed by atoms with E-state index in [1.165, 1.54) is 0 Å². The van der Waals surface area contributed by atoms with Crippen LogP contribution in [0.25, 0.3) is 0 Å². The number of halogens is 3. The normalized spacial score (nSPS) is 12.4. The molecule has 92 valence electrons. The lowest BCUT2D eigenvalue weighted by Crippen LogP contribution is -2.32. The average molecular weight is 284 g/mol. The molecule has 2 N–H and O–H groups in total. The highest BCUT2D eigenvalue weighted by Crippen LogP contribution is 2.26. The van der Waals surface area contributed by atoms with Gasteiger partial charge in [0.1, 0.15) is 0 Å². The molecule has 0 aliphatic rings. The molecule has 0 radical (unpaired) electrons. The lowest BCUT2D eigenvalue weighted by atomic mass is 10.2. The first-order chi connectivity index (χ1) is 7.00. The molecule has 0 heterocycles. The van der Waals surface area contributed by atoms with Gasteiger partial charge in [-0.2, -0.15) is 0 Å². The van der Waals surface area contributed by atoms with Crippen LogP contribution in [0, 0.1) is 0 Å². The van der Waals surface area contributed by atoms with Gasteiger partial charge in [0.25, 0.3) is 0 Å². The Balaban J connectivity index is 0.00000225. The van der Waals surface area contributed by atoms with Gasteiger partial charge in [-0.3, -0.25) is 0 Å². The van der Waals surface area contributed by atoms with Crippen LogP contribution in [-0.4, -0.2) is 24.5 Å². The zero-order valence-electron chi connectivity index (χ0n) is 9.41. The molecule has 0 saturated carbocycles. The number of nitrogens with two attached hydrogens (primary N) is 1. The fraction of sp³-hybridized carbons (Fsp3) is 0.455. The molecular weight excluding hydrogens is 266 g/mol. The van der Waals surface area contributed by atoms with Crippen molar-refractivity contribution >= 4 is 35.6 Å². The number of hydrogen-bond acceptors (Lipinski definition) is 2. The van der Waals surface area contributed by atoms with E-state index in [4.69, 9.17) is 28.9 Å². The van der Waals surface area contributed by atoms with E-state index in [1.807, 2.05) is 26.1 Å². The maximum absolute atomic E-state index is 6.08. The Hall–Kier alpha value is 0.01000. The molecular formula is C11H17Cl3N2. The second kappa shape index (κ2) is 7.36. The molecule has 2 nitrogen and oxygen atoms in total. The summed E-state index contributed by atoms with van der Waals surface area (Å²) in [5, 5.41) is 1.24. The molecule has 5 heteroatoms. The van der Waals surface area contributed by atoms with Crippen molar-refractivity contribution in [2.75, 3.05) is 13.6 Å². The Kier molecular flexibility index (Phi) is 7.36. The van der Waals surface area contributed by atoms with E-state index >= 15 is 0 Å². The van der Waals surface area contributed by atoms with Gasteiger partial charge in [0.05, 0.1) is 10.0 Å². The second-order valence-corrected chi connectivity index (χ2v) is 4.67. The quantitative estimate of drug-likeness (QED) is 0.919. The van der Waals surface area contributed by atoms with Gasteiger partial charge in [-0.05, 0) is 25.6 Å². The summed E-state index contributed by atoms with van der Waals surface area (Å²) in [5.41, 5.74) is 6.75. The third kappa shape index (κ3) is 4.89. The zero-order chi connectivity index (χ0) is 11.4. The summed E-state index contributed by atoms with van der Waals surface area (Å²) < 4.78 is 0. The fourth-order valence-corrected chi connectivity index (χ4v) is 1.90. The van der Waals surface area contributed by atoms with Crippen LogP contribution in [0.3, 0.4) is 0 Å². The Morgan fingerprint density at radius 1 is 1.38 bits per heavy atom. The van der Waals surface area contributed by atoms with Gasteiger partial charge in [-0.25, -0.2) is 0 Å². The molecule has 0 aromatic heterocycles. The van der Waals surface area contributed by atoms with Crippen molar-refractivity contribution in [1.82, 2.24) is 4.90 Å². The number of nitrogens with zero attached hydrogens (tertiary/aromatic N) is 1. The highest BCUT2D eigenvalue weighted by Gasteiger charge is 2.08. The lowest BCUT2D eigenvalue weighted by Gasteiger charge is -2.19. The first-order valence-corrected chi connectivity index (χ1v) is 5.63. The number of hydrogen-bond donors (Lipinski definition) is 1. The predicted molar refractivity (Wildman–Crippen MR) is 73.7 cm³/mol. The van der Waals surface area contributed by atoms with Crippen LogP contribution in [0.5, 0.6) is 0 Å². The van der Waals surface area contributed by atoms with Crippen LogP contribution in [-0.2, 0) is 6.54 Å². The minimum absolute atomic E-state index is 0. The van der Waals surface area contributed by atoms with Gasteiger partial charge in [-0.1, -0.05) is 35.3 Å². The highest BCUT2D eigenvalue weighted by molar-refractivity contribution is 6.42. The van der Waals surface area contributed by atoms with Crippen molar-refractivity contribution in [3.8, 4) is 0 Å². The summed E-state index contributed by atoms with van der Waals surface area (Å²) in [7, 11) is 2.01. The molecule has 0 spiro atoms. The fourth-order valence-electron chi connectivity index (χ4n) is 1.52. The SMILES string of the molecule is CC(N)CN(C)Cc1cccc(Cl)c1Cl.Cl. The molecule has 0 amide bonds. The number of likely N-dealkylation sites (N-methyl/N-ethyl adjacent to an activating group) is 1. The Morgan fingerprint density at radius 3 is 2.56 bits per heavy atom. The van der Waals surface area contributed by atoms with E-state index in [2.05, 4.69) is 4.90 Å². The second-order valence-electron chi connectivity index (χ2n) is 3.89. The van der Waals surface area contributed by atoms with Crippen LogP contribution in [0.1, 0.15) is 12.5 Å². The van der Waals surface area contributed by atoms with Crippen LogP contribution in [0.2, 0.25) is 10.0 Å². The highest BCUT2D eigenvalue weighted by atomic mass is 35.5. The molecule has 1 unspecified atom stereocenters. The van der Waals surface area contributed by atoms with E-state index in [0.29, 0.717) is 10.0 Å². The molecule has 1 aromatic rings. The summed E-state index contributed by atoms with van der Waals surface area (Å²) in [6.45, 7) is 3.58. The van der Waals surface area contributed by atoms with E-state index in [9.17, 15) is 0 Å². The minimum atomic E-state index is 0. The predicted octanol–water partition coefficient (Wildman–Crippen LogP) is 3.19. The molecule has 16 heavy (non-hydrogen) atoms. The molecule has 0 aliphatic carbocycles. The largest absolute Gasteiger partial charge is 0.327 e. The zero-order valence-corrected chi connectivity index (χ0v) is 11.7. The lowest BCUT2D eigenvalue weighted by molar-refractivity contribution is 0.310. The van der Waals surface area contributed by atoms with Gasteiger partial charge in [0, 0.05) is 19.1 Å². The van der Waals surface area contributed by atoms with Gasteiger partial charge in [0.2, 0.25) is 0 Å². The van der Waals surface area contributed by atoms with E-state index in [0.717, 1.165) is 18.7 Å². The van der Waals surface area contributed by atoms with E-state index < -0.39 is 0 Å². The Morgan fingerprint density at radius 2 is 2.00 bits per heavy atom. The van der Waals surface area contributed by atoms with Crippen LogP contribution in [0.4, 0.5) is 0 Å². The maximum atomic E-state index is 6.08. The molecule has 1 rings (SSSR count).